The van der Waals surface area contributed by atoms with Crippen molar-refractivity contribution in [3.8, 4) is 0 Å². The molecule has 9 nitrogen and oxygen atoms in total. The third-order valence-corrected chi connectivity index (χ3v) is 5.29. The Labute approximate surface area is 163 Å². The number of aryl methyl sites for hydroxylation is 3. The number of rotatable bonds is 5. The molecule has 2 atom stereocenters. The predicted octanol–water partition coefficient (Wildman–Crippen LogP) is 0.658. The van der Waals surface area contributed by atoms with E-state index in [1.54, 1.807) is 6.92 Å². The summed E-state index contributed by atoms with van der Waals surface area (Å²) in [6.07, 6.45) is 1.88. The summed E-state index contributed by atoms with van der Waals surface area (Å²) >= 11 is 0. The van der Waals surface area contributed by atoms with Crippen molar-refractivity contribution in [1.29, 1.82) is 0 Å². The molecule has 1 aliphatic heterocycles. The molecule has 2 aromatic rings. The number of nitrogens with one attached hydrogen (secondary N) is 1. The normalized spacial score (nSPS) is 19.7. The fraction of sp³-hybridized carbons (Fsp3) is 0.579. The second-order valence-electron chi connectivity index (χ2n) is 7.39. The molecule has 0 unspecified atom stereocenters. The topological polar surface area (TPSA) is 113 Å². The molecule has 0 saturated carbocycles. The average molecular weight is 389 g/mol. The van der Waals surface area contributed by atoms with Gasteiger partial charge in [0, 0.05) is 38.3 Å². The van der Waals surface area contributed by atoms with Crippen LogP contribution in [0.15, 0.2) is 10.8 Å². The molecule has 0 bridgehead atoms. The number of carbonyl (C=O) groups excluding carboxylic acids is 2. The number of hydrogen-bond acceptors (Lipinski definition) is 6. The van der Waals surface area contributed by atoms with Crippen LogP contribution < -0.4 is 5.32 Å². The van der Waals surface area contributed by atoms with Crippen LogP contribution in [0, 0.1) is 20.8 Å². The summed E-state index contributed by atoms with van der Waals surface area (Å²) in [5, 5.41) is 17.5. The lowest BCUT2D eigenvalue weighted by molar-refractivity contribution is -0.122. The van der Waals surface area contributed by atoms with Gasteiger partial charge in [0.1, 0.15) is 5.76 Å². The first-order valence-electron chi connectivity index (χ1n) is 9.42. The monoisotopic (exact) mass is 389 g/mol. The highest BCUT2D eigenvalue weighted by atomic mass is 16.3. The first-order chi connectivity index (χ1) is 13.3. The molecule has 28 heavy (non-hydrogen) atoms. The highest BCUT2D eigenvalue weighted by Gasteiger charge is 2.32. The molecule has 2 N–H and O–H groups in total. The average Bonchev–Trinajstić information content (AvgIpc) is 3.15. The molecule has 1 fully saturated rings. The maximum atomic E-state index is 12.6. The van der Waals surface area contributed by atoms with Crippen LogP contribution in [0.2, 0.25) is 0 Å². The molecule has 9 heteroatoms. The molecule has 0 aromatic carbocycles. The van der Waals surface area contributed by atoms with Crippen LogP contribution in [0.25, 0.3) is 0 Å². The summed E-state index contributed by atoms with van der Waals surface area (Å²) in [4.78, 5) is 30.5. The van der Waals surface area contributed by atoms with Gasteiger partial charge in [-0.15, -0.1) is 0 Å². The summed E-state index contributed by atoms with van der Waals surface area (Å²) in [7, 11) is 1.89. The van der Waals surface area contributed by atoms with Crippen LogP contribution in [-0.2, 0) is 18.3 Å². The van der Waals surface area contributed by atoms with Crippen LogP contribution in [0.3, 0.4) is 0 Å². The minimum absolute atomic E-state index is 0.105. The van der Waals surface area contributed by atoms with Gasteiger partial charge in [-0.05, 0) is 39.2 Å². The lowest BCUT2D eigenvalue weighted by Crippen LogP contribution is -2.54. The zero-order chi connectivity index (χ0) is 20.4. The fourth-order valence-electron chi connectivity index (χ4n) is 3.72. The van der Waals surface area contributed by atoms with Crippen molar-refractivity contribution in [2.75, 3.05) is 13.1 Å². The van der Waals surface area contributed by atoms with Crippen molar-refractivity contribution in [3.05, 3.63) is 34.8 Å². The largest absolute Gasteiger partial charge is 0.448 e. The first-order valence-corrected chi connectivity index (χ1v) is 9.42. The SMILES string of the molecule is Cc1nn(C)c(C)c1CCC(=O)N[C@H]1C[C@@H](O)CN(C(=O)c2ncoc2C)C1. The number of hydrogen-bond donors (Lipinski definition) is 2. The summed E-state index contributed by atoms with van der Waals surface area (Å²) in [6.45, 7) is 6.14. The van der Waals surface area contributed by atoms with Crippen LogP contribution >= 0.6 is 0 Å². The second-order valence-corrected chi connectivity index (χ2v) is 7.39. The molecule has 0 radical (unpaired) electrons. The molecule has 2 aromatic heterocycles. The van der Waals surface area contributed by atoms with E-state index in [2.05, 4.69) is 15.4 Å². The van der Waals surface area contributed by atoms with Crippen molar-refractivity contribution in [3.63, 3.8) is 0 Å². The Morgan fingerprint density at radius 3 is 2.68 bits per heavy atom. The molecule has 152 valence electrons. The quantitative estimate of drug-likeness (QED) is 0.777. The fourth-order valence-corrected chi connectivity index (χ4v) is 3.72. The van der Waals surface area contributed by atoms with E-state index < -0.39 is 6.10 Å². The number of piperidine rings is 1. The van der Waals surface area contributed by atoms with E-state index in [1.165, 1.54) is 11.3 Å². The van der Waals surface area contributed by atoms with Crippen LogP contribution in [0.4, 0.5) is 0 Å². The van der Waals surface area contributed by atoms with Gasteiger partial charge in [-0.1, -0.05) is 0 Å². The first kappa shape index (κ1) is 20.1. The molecule has 1 aliphatic rings. The second kappa shape index (κ2) is 8.14. The zero-order valence-electron chi connectivity index (χ0n) is 16.7. The lowest BCUT2D eigenvalue weighted by Gasteiger charge is -2.35. The van der Waals surface area contributed by atoms with E-state index in [0.717, 1.165) is 17.0 Å². The van der Waals surface area contributed by atoms with Gasteiger partial charge in [-0.2, -0.15) is 5.10 Å². The van der Waals surface area contributed by atoms with Gasteiger partial charge < -0.3 is 19.7 Å². The molecular weight excluding hydrogens is 362 g/mol. The molecule has 0 spiro atoms. The van der Waals surface area contributed by atoms with Crippen LogP contribution in [-0.4, -0.2) is 61.8 Å². The van der Waals surface area contributed by atoms with E-state index >= 15 is 0 Å². The third kappa shape index (κ3) is 4.24. The Morgan fingerprint density at radius 2 is 2.07 bits per heavy atom. The van der Waals surface area contributed by atoms with E-state index in [1.807, 2.05) is 25.6 Å². The Bertz CT molecular complexity index is 872. The number of aromatic nitrogens is 3. The highest BCUT2D eigenvalue weighted by molar-refractivity contribution is 5.93. The zero-order valence-corrected chi connectivity index (χ0v) is 16.7. The van der Waals surface area contributed by atoms with Crippen molar-refractivity contribution < 1.29 is 19.1 Å². The number of nitrogens with zero attached hydrogens (tertiary/aromatic N) is 4. The van der Waals surface area contributed by atoms with E-state index in [9.17, 15) is 14.7 Å². The summed E-state index contributed by atoms with van der Waals surface area (Å²) < 4.78 is 6.91. The molecule has 3 heterocycles. The molecule has 3 rings (SSSR count). The van der Waals surface area contributed by atoms with Gasteiger partial charge in [-0.3, -0.25) is 14.3 Å². The predicted molar refractivity (Wildman–Crippen MR) is 101 cm³/mol. The Balaban J connectivity index is 1.58. The molecule has 2 amide bonds. The minimum Gasteiger partial charge on any atom is -0.448 e. The van der Waals surface area contributed by atoms with Crippen molar-refractivity contribution in [2.24, 2.45) is 7.05 Å². The number of likely N-dealkylation sites (tertiary alicyclic amines) is 1. The Hall–Kier alpha value is -2.68. The van der Waals surface area contributed by atoms with Gasteiger partial charge in [0.05, 0.1) is 11.8 Å². The highest BCUT2D eigenvalue weighted by Crippen LogP contribution is 2.17. The van der Waals surface area contributed by atoms with Crippen molar-refractivity contribution in [1.82, 2.24) is 25.0 Å². The number of aliphatic hydroxyl groups excluding tert-OH is 1. The van der Waals surface area contributed by atoms with Crippen molar-refractivity contribution >= 4 is 11.8 Å². The number of carbonyl (C=O) groups is 2. The number of amides is 2. The lowest BCUT2D eigenvalue weighted by atomic mass is 10.0. The third-order valence-electron chi connectivity index (χ3n) is 5.29. The Morgan fingerprint density at radius 1 is 1.32 bits per heavy atom. The number of aliphatic hydroxyl groups is 1. The van der Waals surface area contributed by atoms with Gasteiger partial charge in [-0.25, -0.2) is 4.98 Å². The standard InChI is InChI=1S/C19H27N5O4/c1-11-16(12(2)23(4)22-11)5-6-17(26)21-14-7-15(25)9-24(8-14)19(27)18-13(3)28-10-20-18/h10,14-15,25H,5-9H2,1-4H3,(H,21,26)/t14-,15+/m0/s1. The number of oxazole rings is 1. The van der Waals surface area contributed by atoms with E-state index in [0.29, 0.717) is 31.6 Å². The van der Waals surface area contributed by atoms with E-state index in [-0.39, 0.29) is 30.1 Å². The van der Waals surface area contributed by atoms with Gasteiger partial charge >= 0.3 is 0 Å². The molecular formula is C19H27N5O4. The van der Waals surface area contributed by atoms with Crippen LogP contribution in [0.1, 0.15) is 46.0 Å². The van der Waals surface area contributed by atoms with Gasteiger partial charge in [0.15, 0.2) is 12.1 Å². The molecule has 0 aliphatic carbocycles. The Kier molecular flexibility index (Phi) is 5.83. The maximum absolute atomic E-state index is 12.6. The molecule has 1 saturated heterocycles. The van der Waals surface area contributed by atoms with Gasteiger partial charge in [0.2, 0.25) is 5.91 Å². The summed E-state index contributed by atoms with van der Waals surface area (Å²) in [5.41, 5.74) is 3.31. The van der Waals surface area contributed by atoms with Gasteiger partial charge in [0.25, 0.3) is 5.91 Å². The summed E-state index contributed by atoms with van der Waals surface area (Å²) in [5.74, 6) is 0.0329. The number of β-amino-alcohol motifs (C(OH)–C–C–N with tert-alkyl or cyclic N) is 1. The maximum Gasteiger partial charge on any atom is 0.276 e. The van der Waals surface area contributed by atoms with Crippen LogP contribution in [0.5, 0.6) is 0 Å². The minimum atomic E-state index is -0.696. The van der Waals surface area contributed by atoms with E-state index in [4.69, 9.17) is 4.42 Å². The summed E-state index contributed by atoms with van der Waals surface area (Å²) in [6, 6.07) is -0.302. The van der Waals surface area contributed by atoms with Crippen molar-refractivity contribution in [2.45, 2.75) is 52.2 Å². The smallest absolute Gasteiger partial charge is 0.276 e.